The summed E-state index contributed by atoms with van der Waals surface area (Å²) >= 11 is 1.76. The second-order valence-corrected chi connectivity index (χ2v) is 16.1. The van der Waals surface area contributed by atoms with Gasteiger partial charge >= 0.3 is 0 Å². The minimum atomic E-state index is -0.728. The van der Waals surface area contributed by atoms with Crippen molar-refractivity contribution < 1.29 is 23.9 Å². The maximum atomic E-state index is 14.0. The van der Waals surface area contributed by atoms with Crippen molar-refractivity contribution in [2.75, 3.05) is 51.2 Å². The van der Waals surface area contributed by atoms with Gasteiger partial charge in [-0.05, 0) is 79.9 Å². The van der Waals surface area contributed by atoms with Gasteiger partial charge in [0.25, 0.3) is 0 Å². The number of aromatic hydroxyl groups is 1. The van der Waals surface area contributed by atoms with Gasteiger partial charge in [0, 0.05) is 98.8 Å². The molecule has 2 aromatic carbocycles. The lowest BCUT2D eigenvalue weighted by Crippen LogP contribution is -2.51. The first-order chi connectivity index (χ1) is 26.5. The molecule has 7 N–H and O–H groups in total. The SMILES string of the molecule is Cc1cc(SC2CC3CNC(N)=C(/C=C(\N)c4cccc(F)c4O)N3C2)ncc1CN1CCN(c2ccc(CN(C)C3CCC(=O)NC3=O)c(C=O)c2)CC1. The van der Waals surface area contributed by atoms with E-state index in [-0.39, 0.29) is 34.4 Å². The molecule has 3 fully saturated rings. The van der Waals surface area contributed by atoms with Crippen LogP contribution >= 0.6 is 11.8 Å². The van der Waals surface area contributed by atoms with E-state index in [1.54, 1.807) is 23.9 Å². The number of amides is 2. The Morgan fingerprint density at radius 1 is 1.15 bits per heavy atom. The van der Waals surface area contributed by atoms with Gasteiger partial charge in [0.2, 0.25) is 11.8 Å². The molecule has 15 heteroatoms. The van der Waals surface area contributed by atoms with Crippen LogP contribution < -0.4 is 27.0 Å². The first-order valence-electron chi connectivity index (χ1n) is 18.6. The summed E-state index contributed by atoms with van der Waals surface area (Å²) in [6.07, 6.45) is 6.29. The van der Waals surface area contributed by atoms with Crippen LogP contribution in [-0.2, 0) is 22.7 Å². The Bertz CT molecular complexity index is 2030. The lowest BCUT2D eigenvalue weighted by molar-refractivity contribution is -0.137. The molecule has 2 amide bonds. The number of allylic oxidation sites excluding steroid dienone is 1. The van der Waals surface area contributed by atoms with Crippen LogP contribution in [0, 0.1) is 12.7 Å². The highest BCUT2D eigenvalue weighted by molar-refractivity contribution is 7.99. The number of para-hydroxylation sites is 1. The van der Waals surface area contributed by atoms with Gasteiger partial charge in [0.15, 0.2) is 11.6 Å². The molecule has 0 saturated carbocycles. The molecule has 3 atom stereocenters. The molecule has 3 unspecified atom stereocenters. The van der Waals surface area contributed by atoms with Crippen molar-refractivity contribution in [1.82, 2.24) is 30.3 Å². The number of rotatable bonds is 11. The van der Waals surface area contributed by atoms with E-state index in [4.69, 9.17) is 16.5 Å². The molecule has 0 radical (unpaired) electrons. The molecule has 0 spiro atoms. The molecule has 290 valence electrons. The fourth-order valence-electron chi connectivity index (χ4n) is 7.93. The summed E-state index contributed by atoms with van der Waals surface area (Å²) in [7, 11) is 1.84. The van der Waals surface area contributed by atoms with Gasteiger partial charge in [0.05, 0.1) is 16.8 Å². The third-order valence-corrected chi connectivity index (χ3v) is 12.3. The molecule has 3 saturated heterocycles. The number of halogens is 1. The van der Waals surface area contributed by atoms with Gasteiger partial charge < -0.3 is 31.7 Å². The fourth-order valence-corrected chi connectivity index (χ4v) is 9.19. The quantitative estimate of drug-likeness (QED) is 0.143. The van der Waals surface area contributed by atoms with Crippen LogP contribution in [0.4, 0.5) is 10.1 Å². The third kappa shape index (κ3) is 8.43. The number of fused-ring (bicyclic) bond motifs is 1. The number of phenolic OH excluding ortho intramolecular Hbond substituents is 1. The highest BCUT2D eigenvalue weighted by Crippen LogP contribution is 2.37. The number of anilines is 1. The van der Waals surface area contributed by atoms with Crippen LogP contribution in [0.5, 0.6) is 5.75 Å². The van der Waals surface area contributed by atoms with E-state index in [9.17, 15) is 23.9 Å². The number of phenols is 1. The minimum Gasteiger partial charge on any atom is -0.504 e. The van der Waals surface area contributed by atoms with E-state index >= 15 is 0 Å². The molecular formula is C40H48FN9O4S. The Hall–Kier alpha value is -5.12. The van der Waals surface area contributed by atoms with Crippen molar-refractivity contribution >= 4 is 41.2 Å². The number of carbonyl (C=O) groups excluding carboxylic acids is 3. The van der Waals surface area contributed by atoms with Crippen LogP contribution in [0.3, 0.4) is 0 Å². The summed E-state index contributed by atoms with van der Waals surface area (Å²) < 4.78 is 14.0. The number of thioether (sulfide) groups is 1. The predicted octanol–water partition coefficient (Wildman–Crippen LogP) is 2.87. The highest BCUT2D eigenvalue weighted by atomic mass is 32.2. The van der Waals surface area contributed by atoms with E-state index in [1.165, 1.54) is 23.3 Å². The second kappa shape index (κ2) is 16.3. The molecule has 4 aliphatic heterocycles. The van der Waals surface area contributed by atoms with Crippen molar-refractivity contribution in [3.63, 3.8) is 0 Å². The number of aromatic nitrogens is 1. The number of imide groups is 1. The second-order valence-electron chi connectivity index (χ2n) is 14.8. The van der Waals surface area contributed by atoms with Crippen molar-refractivity contribution in [1.29, 1.82) is 0 Å². The van der Waals surface area contributed by atoms with E-state index in [2.05, 4.69) is 38.3 Å². The van der Waals surface area contributed by atoms with Gasteiger partial charge in [-0.25, -0.2) is 9.37 Å². The summed E-state index contributed by atoms with van der Waals surface area (Å²) in [5, 5.41) is 17.1. The Labute approximate surface area is 324 Å². The number of nitrogens with zero attached hydrogens (tertiary/aromatic N) is 5. The topological polar surface area (TPSA) is 173 Å². The van der Waals surface area contributed by atoms with Crippen molar-refractivity contribution in [2.24, 2.45) is 11.5 Å². The lowest BCUT2D eigenvalue weighted by atomic mass is 10.0. The van der Waals surface area contributed by atoms with Crippen molar-refractivity contribution in [3.8, 4) is 5.75 Å². The normalized spacial score (nSPS) is 22.2. The lowest BCUT2D eigenvalue weighted by Gasteiger charge is -2.36. The summed E-state index contributed by atoms with van der Waals surface area (Å²) in [6.45, 7) is 8.22. The molecule has 7 rings (SSSR count). The molecule has 4 aliphatic rings. The molecule has 0 aliphatic carbocycles. The molecule has 0 bridgehead atoms. The minimum absolute atomic E-state index is 0.207. The first kappa shape index (κ1) is 38.2. The number of nitrogens with one attached hydrogen (secondary N) is 2. The number of benzene rings is 2. The average molecular weight is 770 g/mol. The molecule has 3 aromatic rings. The van der Waals surface area contributed by atoms with Gasteiger partial charge in [-0.1, -0.05) is 12.1 Å². The molecular weight excluding hydrogens is 722 g/mol. The van der Waals surface area contributed by atoms with Gasteiger partial charge in [0.1, 0.15) is 12.1 Å². The van der Waals surface area contributed by atoms with Crippen LogP contribution in [0.25, 0.3) is 5.70 Å². The number of pyridine rings is 1. The van der Waals surface area contributed by atoms with Crippen LogP contribution in [0.1, 0.15) is 51.9 Å². The fraction of sp³-hybridized carbons (Fsp3) is 0.400. The van der Waals surface area contributed by atoms with Crippen molar-refractivity contribution in [3.05, 3.63) is 99.9 Å². The summed E-state index contributed by atoms with van der Waals surface area (Å²) in [5.41, 5.74) is 18.7. The zero-order valence-corrected chi connectivity index (χ0v) is 31.9. The average Bonchev–Trinajstić information content (AvgIpc) is 3.58. The zero-order valence-electron chi connectivity index (χ0n) is 31.1. The Balaban J connectivity index is 0.919. The first-order valence-corrected chi connectivity index (χ1v) is 19.5. The Morgan fingerprint density at radius 3 is 2.69 bits per heavy atom. The highest BCUT2D eigenvalue weighted by Gasteiger charge is 2.37. The number of piperidine rings is 1. The molecule has 5 heterocycles. The third-order valence-electron chi connectivity index (χ3n) is 11.1. The summed E-state index contributed by atoms with van der Waals surface area (Å²) in [6, 6.07) is 12.2. The Kier molecular flexibility index (Phi) is 11.3. The molecule has 13 nitrogen and oxygen atoms in total. The van der Waals surface area contributed by atoms with E-state index in [0.717, 1.165) is 73.9 Å². The number of likely N-dealkylation sites (N-methyl/N-ethyl adjacent to an activating group) is 1. The number of carbonyl (C=O) groups is 3. The van der Waals surface area contributed by atoms with E-state index < -0.39 is 17.6 Å². The summed E-state index contributed by atoms with van der Waals surface area (Å²) in [5.74, 6) is -1.25. The van der Waals surface area contributed by atoms with Crippen LogP contribution in [0.2, 0.25) is 0 Å². The number of piperazine rings is 1. The maximum absolute atomic E-state index is 14.0. The largest absolute Gasteiger partial charge is 0.504 e. The number of nitrogens with two attached hydrogens (primary N) is 2. The van der Waals surface area contributed by atoms with Gasteiger partial charge in [-0.2, -0.15) is 0 Å². The van der Waals surface area contributed by atoms with Crippen molar-refractivity contribution in [2.45, 2.75) is 61.6 Å². The standard InChI is InChI=1S/C40H48FN9O4S/c1-24-14-37(55-30-16-29-19-45-39(43)35(50(29)22-30)17-33(42)31-4-3-5-32(41)38(31)53)44-18-27(24)21-48-10-12-49(13-11-48)28-7-6-25(26(15-28)23-51)20-47(2)34-8-9-36(52)46-40(34)54/h3-7,14-15,17-18,23,29-30,34,45,53H,8-13,16,19-22,42-43H2,1-2H3,(H,46,52,54)/b33-17-. The number of hydrogen-bond acceptors (Lipinski definition) is 13. The van der Waals surface area contributed by atoms with Gasteiger partial charge in [-0.15, -0.1) is 11.8 Å². The zero-order chi connectivity index (χ0) is 38.8. The van der Waals surface area contributed by atoms with Crippen LogP contribution in [0.15, 0.2) is 71.3 Å². The smallest absolute Gasteiger partial charge is 0.243 e. The van der Waals surface area contributed by atoms with Gasteiger partial charge in [-0.3, -0.25) is 29.5 Å². The Morgan fingerprint density at radius 2 is 1.95 bits per heavy atom. The molecule has 1 aromatic heterocycles. The monoisotopic (exact) mass is 769 g/mol. The number of aryl methyl sites for hydroxylation is 1. The molecule has 55 heavy (non-hydrogen) atoms. The summed E-state index contributed by atoms with van der Waals surface area (Å²) in [4.78, 5) is 49.7. The number of hydrogen-bond donors (Lipinski definition) is 5. The van der Waals surface area contributed by atoms with Crippen LogP contribution in [-0.4, -0.2) is 107 Å². The maximum Gasteiger partial charge on any atom is 0.243 e. The van der Waals surface area contributed by atoms with E-state index in [1.807, 2.05) is 36.3 Å². The van der Waals surface area contributed by atoms with E-state index in [0.29, 0.717) is 37.3 Å². The predicted molar refractivity (Wildman–Crippen MR) is 210 cm³/mol. The number of aldehydes is 1.